The Morgan fingerprint density at radius 1 is 0.639 bits per heavy atom. The number of hydrogen-bond acceptors (Lipinski definition) is 4. The zero-order valence-corrected chi connectivity index (χ0v) is 25.1. The van der Waals surface area contributed by atoms with Crippen LogP contribution >= 0.6 is 0 Å². The molecule has 0 radical (unpaired) electrons. The van der Waals surface area contributed by atoms with Crippen LogP contribution in [0.2, 0.25) is 39.3 Å². The van der Waals surface area contributed by atoms with Gasteiger partial charge in [0.2, 0.25) is 0 Å². The molecule has 0 N–H and O–H groups in total. The van der Waals surface area contributed by atoms with Crippen LogP contribution in [0.25, 0.3) is 0 Å². The van der Waals surface area contributed by atoms with Crippen molar-refractivity contribution in [3.05, 3.63) is 71.8 Å². The highest BCUT2D eigenvalue weighted by atomic mass is 28.4. The zero-order chi connectivity index (χ0) is 26.6. The molecule has 0 amide bonds. The molecule has 2 saturated carbocycles. The largest absolute Gasteiger partial charge is 0.399 e. The number of benzene rings is 2. The number of hydrogen-bond donors (Lipinski definition) is 0. The predicted octanol–water partition coefficient (Wildman–Crippen LogP) is 7.60. The van der Waals surface area contributed by atoms with E-state index in [1.165, 1.54) is 0 Å². The van der Waals surface area contributed by atoms with Gasteiger partial charge in [0.15, 0.2) is 27.8 Å². The van der Waals surface area contributed by atoms with Crippen molar-refractivity contribution >= 4 is 16.6 Å². The monoisotopic (exact) mass is 516 g/mol. The minimum Gasteiger partial charge on any atom is -0.399 e. The Morgan fingerprint density at radius 2 is 0.944 bits per heavy atom. The van der Waals surface area contributed by atoms with Gasteiger partial charge in [-0.25, -0.2) is 0 Å². The lowest BCUT2D eigenvalue weighted by Gasteiger charge is -2.52. The number of nitriles is 2. The van der Waals surface area contributed by atoms with Crippen molar-refractivity contribution in [2.45, 2.75) is 89.0 Å². The van der Waals surface area contributed by atoms with E-state index >= 15 is 0 Å². The van der Waals surface area contributed by atoms with Gasteiger partial charge in [0.25, 0.3) is 0 Å². The van der Waals surface area contributed by atoms with Crippen LogP contribution in [0.3, 0.4) is 0 Å². The van der Waals surface area contributed by atoms with Crippen molar-refractivity contribution in [1.82, 2.24) is 0 Å². The lowest BCUT2D eigenvalue weighted by Crippen LogP contribution is -2.59. The summed E-state index contributed by atoms with van der Waals surface area (Å²) in [6.07, 6.45) is 1.10. The summed E-state index contributed by atoms with van der Waals surface area (Å²) in [5, 5.41) is 22.1. The molecule has 36 heavy (non-hydrogen) atoms. The maximum Gasteiger partial charge on any atom is 0.185 e. The summed E-state index contributed by atoms with van der Waals surface area (Å²) < 4.78 is 14.0. The molecular formula is C30H40N2O2Si2. The Balaban J connectivity index is 2.10. The van der Waals surface area contributed by atoms with Crippen LogP contribution in [-0.4, -0.2) is 27.8 Å². The zero-order valence-electron chi connectivity index (χ0n) is 23.1. The third-order valence-electron chi connectivity index (χ3n) is 8.86. The van der Waals surface area contributed by atoms with Gasteiger partial charge in [0.05, 0.1) is 12.1 Å². The van der Waals surface area contributed by atoms with Gasteiger partial charge in [-0.2, -0.15) is 10.5 Å². The molecule has 2 aliphatic rings. The van der Waals surface area contributed by atoms with Crippen molar-refractivity contribution in [3.63, 3.8) is 0 Å². The van der Waals surface area contributed by atoms with Gasteiger partial charge >= 0.3 is 0 Å². The first-order valence-corrected chi connectivity index (χ1v) is 19.8. The number of nitrogens with zero attached hydrogens (tertiary/aromatic N) is 2. The second-order valence-electron chi connectivity index (χ2n) is 13.0. The number of rotatable bonds is 6. The molecule has 2 fully saturated rings. The lowest BCUT2D eigenvalue weighted by molar-refractivity contribution is -0.0810. The van der Waals surface area contributed by atoms with E-state index in [9.17, 15) is 10.5 Å². The molecule has 2 aliphatic carbocycles. The summed E-state index contributed by atoms with van der Waals surface area (Å²) in [4.78, 5) is 0. The van der Waals surface area contributed by atoms with Crippen LogP contribution < -0.4 is 0 Å². The molecule has 0 spiro atoms. The summed E-state index contributed by atoms with van der Waals surface area (Å²) in [7, 11) is -4.31. The van der Waals surface area contributed by atoms with Crippen LogP contribution in [0.4, 0.5) is 0 Å². The van der Waals surface area contributed by atoms with Crippen molar-refractivity contribution in [3.8, 4) is 12.1 Å². The number of fused-ring (bicyclic) bond motifs is 1. The molecule has 0 aromatic heterocycles. The highest BCUT2D eigenvalue weighted by Crippen LogP contribution is 2.80. The summed E-state index contributed by atoms with van der Waals surface area (Å²) >= 11 is 0. The van der Waals surface area contributed by atoms with Crippen LogP contribution in [0.15, 0.2) is 60.7 Å². The molecule has 2 aromatic carbocycles. The molecule has 0 aliphatic heterocycles. The fourth-order valence-corrected chi connectivity index (χ4v) is 10.3. The topological polar surface area (TPSA) is 66.0 Å². The summed E-state index contributed by atoms with van der Waals surface area (Å²) in [6, 6.07) is 26.3. The average Bonchev–Trinajstić information content (AvgIpc) is 3.14. The highest BCUT2D eigenvalue weighted by molar-refractivity contribution is 6.70. The van der Waals surface area contributed by atoms with Crippen LogP contribution in [0, 0.1) is 33.5 Å². The Kier molecular flexibility index (Phi) is 6.46. The third-order valence-corrected chi connectivity index (χ3v) is 10.8. The maximum absolute atomic E-state index is 11.0. The van der Waals surface area contributed by atoms with Gasteiger partial charge in [0.1, 0.15) is 0 Å². The van der Waals surface area contributed by atoms with Crippen LogP contribution in [0.1, 0.15) is 49.7 Å². The first-order valence-electron chi connectivity index (χ1n) is 13.0. The van der Waals surface area contributed by atoms with E-state index in [4.69, 9.17) is 8.85 Å². The van der Waals surface area contributed by atoms with Crippen LogP contribution in [-0.2, 0) is 8.85 Å². The Labute approximate surface area is 219 Å². The standard InChI is InChI=1S/C30H40N2O2Si2/c1-27-25(23-15-11-9-12-16-23)19-30(22-32,34-36(6,7)8)28(27,2)26(24-17-13-10-14-18-24)20-29(27,21-31)33-35(3,4)5/h9-18,25-26H,19-20H2,1-8H3/t25-,26-,27+,28+,29+,30+/m0/s1. The summed E-state index contributed by atoms with van der Waals surface area (Å²) in [5.41, 5.74) is -1.12. The normalized spacial score (nSPS) is 36.2. The van der Waals surface area contributed by atoms with Crippen molar-refractivity contribution in [2.75, 3.05) is 0 Å². The molecule has 0 bridgehead atoms. The molecule has 6 atom stereocenters. The maximum atomic E-state index is 11.0. The summed E-state index contributed by atoms with van der Waals surface area (Å²) in [6.45, 7) is 17.4. The average molecular weight is 517 g/mol. The van der Waals surface area contributed by atoms with Crippen molar-refractivity contribution in [1.29, 1.82) is 10.5 Å². The van der Waals surface area contributed by atoms with E-state index in [1.54, 1.807) is 0 Å². The molecular weight excluding hydrogens is 477 g/mol. The fraction of sp³-hybridized carbons (Fsp3) is 0.533. The van der Waals surface area contributed by atoms with Crippen molar-refractivity contribution in [2.24, 2.45) is 10.8 Å². The van der Waals surface area contributed by atoms with E-state index in [2.05, 4.69) is 114 Å². The summed E-state index contributed by atoms with van der Waals surface area (Å²) in [5.74, 6) is -0.131. The first-order chi connectivity index (χ1) is 16.7. The highest BCUT2D eigenvalue weighted by Gasteiger charge is 2.82. The third kappa shape index (κ3) is 3.82. The smallest absolute Gasteiger partial charge is 0.185 e. The molecule has 2 aromatic rings. The fourth-order valence-electron chi connectivity index (χ4n) is 7.52. The second kappa shape index (κ2) is 8.67. The Morgan fingerprint density at radius 3 is 1.19 bits per heavy atom. The Bertz CT molecular complexity index is 1100. The van der Waals surface area contributed by atoms with Crippen molar-refractivity contribution < 1.29 is 8.85 Å². The van der Waals surface area contributed by atoms with Gasteiger partial charge in [0, 0.05) is 10.8 Å². The van der Waals surface area contributed by atoms with Crippen LogP contribution in [0.5, 0.6) is 0 Å². The quantitative estimate of drug-likeness (QED) is 0.371. The van der Waals surface area contributed by atoms with Gasteiger partial charge in [-0.05, 0) is 75.1 Å². The molecule has 4 rings (SSSR count). The SMILES string of the molecule is C[C@@]12[C@H](c3ccccc3)C[C@](C#N)(O[Si](C)(C)C)[C@]1(C)[C@H](c1ccccc1)C[C@]2(C#N)O[Si](C)(C)C. The van der Waals surface area contributed by atoms with E-state index in [1.807, 2.05) is 12.1 Å². The first kappa shape index (κ1) is 26.8. The van der Waals surface area contributed by atoms with E-state index in [0.717, 1.165) is 11.1 Å². The van der Waals surface area contributed by atoms with Gasteiger partial charge in [-0.15, -0.1) is 0 Å². The Hall–Kier alpha value is -2.23. The predicted molar refractivity (Wildman–Crippen MR) is 149 cm³/mol. The van der Waals surface area contributed by atoms with E-state index in [-0.39, 0.29) is 11.8 Å². The molecule has 0 saturated heterocycles. The minimum absolute atomic E-state index is 0.0654. The van der Waals surface area contributed by atoms with Gasteiger partial charge in [-0.1, -0.05) is 74.5 Å². The van der Waals surface area contributed by atoms with Gasteiger partial charge in [-0.3, -0.25) is 0 Å². The molecule has 0 heterocycles. The van der Waals surface area contributed by atoms with E-state index < -0.39 is 38.7 Å². The molecule has 4 nitrogen and oxygen atoms in total. The lowest BCUT2D eigenvalue weighted by atomic mass is 9.55. The minimum atomic E-state index is -2.16. The van der Waals surface area contributed by atoms with E-state index in [0.29, 0.717) is 12.8 Å². The second-order valence-corrected chi connectivity index (χ2v) is 21.9. The van der Waals surface area contributed by atoms with Gasteiger partial charge < -0.3 is 8.85 Å². The molecule has 0 unspecified atom stereocenters. The molecule has 190 valence electrons. The molecule has 6 heteroatoms.